The maximum absolute atomic E-state index is 12.3. The minimum atomic E-state index is -1.81. The predicted molar refractivity (Wildman–Crippen MR) is 112 cm³/mol. The summed E-state index contributed by atoms with van der Waals surface area (Å²) in [5.41, 5.74) is 1.22. The highest BCUT2D eigenvalue weighted by Gasteiger charge is 2.31. The lowest BCUT2D eigenvalue weighted by Gasteiger charge is -2.35. The Balaban J connectivity index is 1.59. The number of hydrogen-bond acceptors (Lipinski definition) is 7. The summed E-state index contributed by atoms with van der Waals surface area (Å²) in [5.74, 6) is -1.48. The number of nitrogens with one attached hydrogen (secondary N) is 1. The molecular weight excluding hydrogens is 401 g/mol. The van der Waals surface area contributed by atoms with Gasteiger partial charge in [-0.15, -0.1) is 0 Å². The van der Waals surface area contributed by atoms with Crippen LogP contribution in [0.4, 0.5) is 4.79 Å². The standard InChI is InChI=1S/C21H24BN3O6/c1-14(11-23)20(26)25-9-5-4-6-16(25)13-31-21(27)24-19(22(28)29)10-15-12-30-18-8-3-2-7-17(15)18/h2-3,7-8,12,16,19,28-29H,1,4-6,9-10,13H2,(H,24,27)/t16-,19+/m1/s1. The number of likely N-dealkylation sites (tertiary alicyclic amines) is 1. The van der Waals surface area contributed by atoms with E-state index in [0.29, 0.717) is 24.1 Å². The lowest BCUT2D eigenvalue weighted by Crippen LogP contribution is -2.50. The number of nitrogens with zero attached hydrogens (tertiary/aromatic N) is 2. The first-order valence-electron chi connectivity index (χ1n) is 10.0. The van der Waals surface area contributed by atoms with E-state index in [-0.39, 0.29) is 24.6 Å². The van der Waals surface area contributed by atoms with Crippen molar-refractivity contribution in [1.29, 1.82) is 5.26 Å². The van der Waals surface area contributed by atoms with Crippen LogP contribution in [0, 0.1) is 11.3 Å². The van der Waals surface area contributed by atoms with Crippen LogP contribution in [0.1, 0.15) is 24.8 Å². The minimum absolute atomic E-state index is 0.0703. The largest absolute Gasteiger partial charge is 0.475 e. The van der Waals surface area contributed by atoms with Crippen LogP contribution in [-0.4, -0.2) is 59.2 Å². The molecule has 162 valence electrons. The van der Waals surface area contributed by atoms with Gasteiger partial charge >= 0.3 is 13.2 Å². The summed E-state index contributed by atoms with van der Waals surface area (Å²) in [6, 6.07) is 8.69. The van der Waals surface area contributed by atoms with E-state index in [0.717, 1.165) is 18.2 Å². The first kappa shape index (κ1) is 22.4. The molecule has 2 heterocycles. The Morgan fingerprint density at radius 3 is 2.90 bits per heavy atom. The van der Waals surface area contributed by atoms with Crippen LogP contribution in [0.2, 0.25) is 0 Å². The summed E-state index contributed by atoms with van der Waals surface area (Å²) in [6.07, 6.45) is 3.10. The Hall–Kier alpha value is -3.29. The normalized spacial score (nSPS) is 16.9. The van der Waals surface area contributed by atoms with Gasteiger partial charge in [0.2, 0.25) is 0 Å². The van der Waals surface area contributed by atoms with E-state index in [9.17, 15) is 19.6 Å². The molecule has 2 amide bonds. The molecule has 3 rings (SSSR count). The molecule has 1 aromatic heterocycles. The number of fused-ring (bicyclic) bond motifs is 1. The summed E-state index contributed by atoms with van der Waals surface area (Å²) in [5, 5.41) is 31.6. The van der Waals surface area contributed by atoms with Crippen molar-refractivity contribution in [2.24, 2.45) is 0 Å². The molecule has 0 saturated carbocycles. The quantitative estimate of drug-likeness (QED) is 0.348. The van der Waals surface area contributed by atoms with Crippen LogP contribution in [0.15, 0.2) is 47.1 Å². The number of carbonyl (C=O) groups excluding carboxylic acids is 2. The van der Waals surface area contributed by atoms with E-state index in [1.807, 2.05) is 18.2 Å². The molecule has 0 spiro atoms. The van der Waals surface area contributed by atoms with E-state index in [1.54, 1.807) is 12.1 Å². The smallest absolute Gasteiger partial charge is 0.464 e. The van der Waals surface area contributed by atoms with Gasteiger partial charge in [0.1, 0.15) is 23.8 Å². The maximum atomic E-state index is 12.3. The van der Waals surface area contributed by atoms with Crippen molar-refractivity contribution >= 4 is 30.1 Å². The number of alkyl carbamates (subject to hydrolysis) is 1. The second-order valence-corrected chi connectivity index (χ2v) is 7.46. The average Bonchev–Trinajstić information content (AvgIpc) is 3.19. The molecule has 9 nitrogen and oxygen atoms in total. The van der Waals surface area contributed by atoms with Crippen molar-refractivity contribution in [1.82, 2.24) is 10.2 Å². The van der Waals surface area contributed by atoms with Gasteiger partial charge in [-0.3, -0.25) is 4.79 Å². The van der Waals surface area contributed by atoms with Crippen molar-refractivity contribution in [2.45, 2.75) is 37.7 Å². The highest BCUT2D eigenvalue weighted by atomic mass is 16.5. The van der Waals surface area contributed by atoms with E-state index in [1.165, 1.54) is 11.2 Å². The minimum Gasteiger partial charge on any atom is -0.464 e. The lowest BCUT2D eigenvalue weighted by molar-refractivity contribution is -0.131. The van der Waals surface area contributed by atoms with Crippen molar-refractivity contribution in [3.63, 3.8) is 0 Å². The summed E-state index contributed by atoms with van der Waals surface area (Å²) in [7, 11) is -1.81. The van der Waals surface area contributed by atoms with Crippen LogP contribution >= 0.6 is 0 Å². The summed E-state index contributed by atoms with van der Waals surface area (Å²) in [4.78, 5) is 26.1. The van der Waals surface area contributed by atoms with Crippen molar-refractivity contribution in [3.8, 4) is 6.07 Å². The summed E-state index contributed by atoms with van der Waals surface area (Å²) >= 11 is 0. The van der Waals surface area contributed by atoms with Gasteiger partial charge in [0.15, 0.2) is 0 Å². The molecule has 1 fully saturated rings. The number of benzene rings is 1. The van der Waals surface area contributed by atoms with E-state index < -0.39 is 25.1 Å². The third-order valence-corrected chi connectivity index (χ3v) is 5.35. The van der Waals surface area contributed by atoms with Gasteiger partial charge in [-0.25, -0.2) is 4.79 Å². The molecule has 1 saturated heterocycles. The molecule has 1 aliphatic rings. The highest BCUT2D eigenvalue weighted by Crippen LogP contribution is 2.22. The van der Waals surface area contributed by atoms with Crippen LogP contribution in [0.5, 0.6) is 0 Å². The van der Waals surface area contributed by atoms with Gasteiger partial charge in [0.25, 0.3) is 5.91 Å². The third kappa shape index (κ3) is 5.45. The molecule has 2 atom stereocenters. The summed E-state index contributed by atoms with van der Waals surface area (Å²) < 4.78 is 10.7. The fraction of sp³-hybridized carbons (Fsp3) is 0.381. The number of carbonyl (C=O) groups is 2. The number of para-hydroxylation sites is 1. The van der Waals surface area contributed by atoms with Crippen LogP contribution in [-0.2, 0) is 16.0 Å². The van der Waals surface area contributed by atoms with Crippen LogP contribution in [0.25, 0.3) is 11.0 Å². The van der Waals surface area contributed by atoms with Gasteiger partial charge in [-0.1, -0.05) is 24.8 Å². The topological polar surface area (TPSA) is 136 Å². The third-order valence-electron chi connectivity index (χ3n) is 5.35. The molecule has 10 heteroatoms. The fourth-order valence-electron chi connectivity index (χ4n) is 3.69. The van der Waals surface area contributed by atoms with E-state index >= 15 is 0 Å². The van der Waals surface area contributed by atoms with Crippen molar-refractivity contribution < 1.29 is 28.8 Å². The Bertz CT molecular complexity index is 998. The lowest BCUT2D eigenvalue weighted by atomic mass is 9.76. The molecule has 1 aromatic carbocycles. The number of furan rings is 1. The second kappa shape index (κ2) is 10.2. The Kier molecular flexibility index (Phi) is 7.34. The van der Waals surface area contributed by atoms with Crippen molar-refractivity contribution in [2.75, 3.05) is 13.2 Å². The molecule has 3 N–H and O–H groups in total. The molecule has 2 aromatic rings. The number of piperidine rings is 1. The molecule has 31 heavy (non-hydrogen) atoms. The first-order chi connectivity index (χ1) is 14.9. The van der Waals surface area contributed by atoms with E-state index in [4.69, 9.17) is 14.4 Å². The molecule has 0 unspecified atom stereocenters. The molecule has 0 bridgehead atoms. The molecule has 0 radical (unpaired) electrons. The van der Waals surface area contributed by atoms with Gasteiger partial charge in [-0.2, -0.15) is 5.26 Å². The summed E-state index contributed by atoms with van der Waals surface area (Å²) in [6.45, 7) is 3.85. The zero-order chi connectivity index (χ0) is 22.4. The SMILES string of the molecule is C=C(C#N)C(=O)N1CCCC[C@@H]1COC(=O)N[C@@H](Cc1coc2ccccc12)B(O)O. The predicted octanol–water partition coefficient (Wildman–Crippen LogP) is 1.54. The number of amides is 2. The zero-order valence-corrected chi connectivity index (χ0v) is 17.0. The van der Waals surface area contributed by atoms with Gasteiger partial charge in [0, 0.05) is 11.9 Å². The van der Waals surface area contributed by atoms with Crippen LogP contribution in [0.3, 0.4) is 0 Å². The monoisotopic (exact) mass is 425 g/mol. The second-order valence-electron chi connectivity index (χ2n) is 7.46. The Morgan fingerprint density at radius 2 is 2.16 bits per heavy atom. The number of hydrogen-bond donors (Lipinski definition) is 3. The number of ether oxygens (including phenoxy) is 1. The van der Waals surface area contributed by atoms with Crippen molar-refractivity contribution in [3.05, 3.63) is 48.2 Å². The highest BCUT2D eigenvalue weighted by molar-refractivity contribution is 6.43. The number of rotatable bonds is 7. The zero-order valence-electron chi connectivity index (χ0n) is 17.0. The van der Waals surface area contributed by atoms with E-state index in [2.05, 4.69) is 11.9 Å². The average molecular weight is 425 g/mol. The van der Waals surface area contributed by atoms with Gasteiger partial charge in [0.05, 0.1) is 18.2 Å². The maximum Gasteiger partial charge on any atom is 0.475 e. The van der Waals surface area contributed by atoms with Gasteiger partial charge in [-0.05, 0) is 37.3 Å². The fourth-order valence-corrected chi connectivity index (χ4v) is 3.69. The van der Waals surface area contributed by atoms with Crippen LogP contribution < -0.4 is 5.32 Å². The molecule has 0 aliphatic carbocycles. The number of nitriles is 1. The Labute approximate surface area is 180 Å². The molecular formula is C21H24BN3O6. The molecule has 1 aliphatic heterocycles. The first-order valence-corrected chi connectivity index (χ1v) is 10.0. The Morgan fingerprint density at radius 1 is 1.39 bits per heavy atom. The van der Waals surface area contributed by atoms with Gasteiger partial charge < -0.3 is 29.4 Å².